The number of rotatable bonds is 0. The molecule has 4 aliphatic carbocycles. The fourth-order valence-electron chi connectivity index (χ4n) is 7.23. The minimum Gasteiger partial charge on any atom is -0.299 e. The molecule has 0 radical (unpaired) electrons. The minimum absolute atomic E-state index is 0.0663. The fourth-order valence-corrected chi connectivity index (χ4v) is 7.23. The second-order valence-electron chi connectivity index (χ2n) is 9.63. The minimum atomic E-state index is 0.0663. The highest BCUT2D eigenvalue weighted by atomic mass is 16.1. The monoisotopic (exact) mass is 288 g/mol. The number of Topliss-reactive ketones (excluding diaryl/α,β-unsaturated/α-hetero) is 1. The van der Waals surface area contributed by atoms with Crippen LogP contribution in [0.1, 0.15) is 78.6 Å². The van der Waals surface area contributed by atoms with E-state index in [1.54, 1.807) is 0 Å². The van der Waals surface area contributed by atoms with Gasteiger partial charge in [-0.05, 0) is 80.0 Å². The van der Waals surface area contributed by atoms with Gasteiger partial charge in [0, 0.05) is 11.8 Å². The molecule has 0 saturated heterocycles. The summed E-state index contributed by atoms with van der Waals surface area (Å²) >= 11 is 0. The van der Waals surface area contributed by atoms with Gasteiger partial charge in [-0.3, -0.25) is 4.79 Å². The molecular weight excluding hydrogens is 256 g/mol. The summed E-state index contributed by atoms with van der Waals surface area (Å²) in [6.07, 6.45) is 11.9. The van der Waals surface area contributed by atoms with Gasteiger partial charge in [-0.1, -0.05) is 27.2 Å². The Hall–Kier alpha value is -0.330. The van der Waals surface area contributed by atoms with Crippen LogP contribution in [0.25, 0.3) is 0 Å². The average molecular weight is 288 g/mol. The standard InChI is InChI=1S/C20H32O/c1-13-4-5-15-10-16-14(12-19(15,2)11-13)8-9-20(3)17(16)6-7-18(20)21/h13-17H,4-12H2,1-3H3/t13-,14+,15-,16+,17-,19-,20-/m1/s1. The van der Waals surface area contributed by atoms with Gasteiger partial charge in [0.05, 0.1) is 0 Å². The maximum Gasteiger partial charge on any atom is 0.139 e. The summed E-state index contributed by atoms with van der Waals surface area (Å²) in [5, 5.41) is 0. The zero-order valence-corrected chi connectivity index (χ0v) is 14.2. The molecule has 4 rings (SSSR count). The van der Waals surface area contributed by atoms with Gasteiger partial charge in [-0.2, -0.15) is 0 Å². The van der Waals surface area contributed by atoms with E-state index >= 15 is 0 Å². The van der Waals surface area contributed by atoms with Gasteiger partial charge < -0.3 is 0 Å². The second-order valence-corrected chi connectivity index (χ2v) is 9.63. The number of ketones is 1. The number of hydrogen-bond donors (Lipinski definition) is 0. The molecule has 1 heteroatoms. The van der Waals surface area contributed by atoms with Crippen molar-refractivity contribution in [2.45, 2.75) is 78.6 Å². The molecular formula is C20H32O. The van der Waals surface area contributed by atoms with Crippen LogP contribution in [0.3, 0.4) is 0 Å². The number of carbonyl (C=O) groups is 1. The van der Waals surface area contributed by atoms with Crippen LogP contribution in [-0.4, -0.2) is 5.78 Å². The number of hydrogen-bond acceptors (Lipinski definition) is 1. The summed E-state index contributed by atoms with van der Waals surface area (Å²) in [6.45, 7) is 7.36. The summed E-state index contributed by atoms with van der Waals surface area (Å²) in [4.78, 5) is 12.4. The lowest BCUT2D eigenvalue weighted by atomic mass is 9.47. The van der Waals surface area contributed by atoms with E-state index < -0.39 is 0 Å². The van der Waals surface area contributed by atoms with Crippen molar-refractivity contribution in [2.24, 2.45) is 40.4 Å². The SMILES string of the molecule is C[C@@H]1CC[C@@H]2C[C@H]3[C@@H](CC[C@@]4(C)C(=O)CC[C@H]34)C[C@@]2(C)C1. The molecule has 1 nitrogen and oxygen atoms in total. The maximum absolute atomic E-state index is 12.4. The third-order valence-corrected chi connectivity index (χ3v) is 8.39. The highest BCUT2D eigenvalue weighted by Gasteiger charge is 2.57. The molecule has 0 unspecified atom stereocenters. The van der Waals surface area contributed by atoms with E-state index in [1.807, 2.05) is 0 Å². The van der Waals surface area contributed by atoms with E-state index in [-0.39, 0.29) is 5.41 Å². The van der Waals surface area contributed by atoms with Crippen LogP contribution in [-0.2, 0) is 4.79 Å². The molecule has 0 amide bonds. The van der Waals surface area contributed by atoms with E-state index in [1.165, 1.54) is 51.4 Å². The highest BCUT2D eigenvalue weighted by molar-refractivity contribution is 5.87. The largest absolute Gasteiger partial charge is 0.299 e. The molecule has 4 fully saturated rings. The van der Waals surface area contributed by atoms with Crippen molar-refractivity contribution < 1.29 is 4.79 Å². The van der Waals surface area contributed by atoms with Crippen LogP contribution in [0.15, 0.2) is 0 Å². The first kappa shape index (κ1) is 14.3. The first-order chi connectivity index (χ1) is 9.92. The summed E-state index contributed by atoms with van der Waals surface area (Å²) in [5.41, 5.74) is 0.687. The Morgan fingerprint density at radius 2 is 1.86 bits per heavy atom. The molecule has 4 aliphatic rings. The van der Waals surface area contributed by atoms with Crippen molar-refractivity contribution in [3.63, 3.8) is 0 Å². The normalized spacial score (nSPS) is 56.5. The lowest BCUT2D eigenvalue weighted by Gasteiger charge is -2.57. The van der Waals surface area contributed by atoms with Gasteiger partial charge in [-0.15, -0.1) is 0 Å². The van der Waals surface area contributed by atoms with Crippen molar-refractivity contribution in [2.75, 3.05) is 0 Å². The van der Waals surface area contributed by atoms with Crippen LogP contribution in [0.2, 0.25) is 0 Å². The van der Waals surface area contributed by atoms with Crippen LogP contribution in [0.4, 0.5) is 0 Å². The topological polar surface area (TPSA) is 17.1 Å². The maximum atomic E-state index is 12.4. The van der Waals surface area contributed by atoms with Gasteiger partial charge >= 0.3 is 0 Å². The Morgan fingerprint density at radius 3 is 2.67 bits per heavy atom. The molecule has 0 spiro atoms. The molecule has 0 heterocycles. The molecule has 4 saturated carbocycles. The van der Waals surface area contributed by atoms with Gasteiger partial charge in [0.2, 0.25) is 0 Å². The molecule has 7 atom stereocenters. The van der Waals surface area contributed by atoms with Gasteiger partial charge in [0.15, 0.2) is 0 Å². The molecule has 0 aromatic carbocycles. The Kier molecular flexibility index (Phi) is 3.12. The predicted octanol–water partition coefficient (Wildman–Crippen LogP) is 5.23. The second kappa shape index (κ2) is 4.59. The van der Waals surface area contributed by atoms with Gasteiger partial charge in [0.25, 0.3) is 0 Å². The van der Waals surface area contributed by atoms with Crippen LogP contribution >= 0.6 is 0 Å². The Labute approximate surface area is 130 Å². The van der Waals surface area contributed by atoms with Crippen LogP contribution in [0, 0.1) is 40.4 Å². The van der Waals surface area contributed by atoms with Crippen molar-refractivity contribution in [3.05, 3.63) is 0 Å². The molecule has 0 bridgehead atoms. The zero-order valence-electron chi connectivity index (χ0n) is 14.2. The Balaban J connectivity index is 1.60. The third kappa shape index (κ3) is 1.98. The molecule has 21 heavy (non-hydrogen) atoms. The molecule has 0 aromatic rings. The van der Waals surface area contributed by atoms with E-state index in [0.29, 0.717) is 11.2 Å². The number of carbonyl (C=O) groups excluding carboxylic acids is 1. The molecule has 118 valence electrons. The molecule has 0 aromatic heterocycles. The van der Waals surface area contributed by atoms with Gasteiger partial charge in [-0.25, -0.2) is 0 Å². The Bertz CT molecular complexity index is 455. The lowest BCUT2D eigenvalue weighted by Crippen LogP contribution is -2.50. The van der Waals surface area contributed by atoms with Crippen molar-refractivity contribution in [3.8, 4) is 0 Å². The number of fused-ring (bicyclic) bond motifs is 4. The van der Waals surface area contributed by atoms with Gasteiger partial charge in [0.1, 0.15) is 5.78 Å². The lowest BCUT2D eigenvalue weighted by molar-refractivity contribution is -0.134. The summed E-state index contributed by atoms with van der Waals surface area (Å²) in [5.74, 6) is 5.02. The first-order valence-corrected chi connectivity index (χ1v) is 9.46. The highest BCUT2D eigenvalue weighted by Crippen LogP contribution is 2.63. The quantitative estimate of drug-likeness (QED) is 0.596. The van der Waals surface area contributed by atoms with E-state index in [9.17, 15) is 4.79 Å². The van der Waals surface area contributed by atoms with Crippen molar-refractivity contribution >= 4 is 5.78 Å². The third-order valence-electron chi connectivity index (χ3n) is 8.39. The average Bonchev–Trinajstić information content (AvgIpc) is 2.72. The molecule has 0 N–H and O–H groups in total. The first-order valence-electron chi connectivity index (χ1n) is 9.46. The van der Waals surface area contributed by atoms with Crippen molar-refractivity contribution in [1.29, 1.82) is 0 Å². The van der Waals surface area contributed by atoms with E-state index in [4.69, 9.17) is 0 Å². The summed E-state index contributed by atoms with van der Waals surface area (Å²) in [7, 11) is 0. The predicted molar refractivity (Wildman–Crippen MR) is 85.9 cm³/mol. The summed E-state index contributed by atoms with van der Waals surface area (Å²) in [6, 6.07) is 0. The zero-order chi connectivity index (χ0) is 14.8. The Morgan fingerprint density at radius 1 is 1.05 bits per heavy atom. The van der Waals surface area contributed by atoms with E-state index in [2.05, 4.69) is 20.8 Å². The van der Waals surface area contributed by atoms with E-state index in [0.717, 1.165) is 36.0 Å². The summed E-state index contributed by atoms with van der Waals surface area (Å²) < 4.78 is 0. The molecule has 0 aliphatic heterocycles. The van der Waals surface area contributed by atoms with Crippen LogP contribution in [0.5, 0.6) is 0 Å². The smallest absolute Gasteiger partial charge is 0.139 e. The van der Waals surface area contributed by atoms with Crippen LogP contribution < -0.4 is 0 Å². The fraction of sp³-hybridized carbons (Fsp3) is 0.950. The van der Waals surface area contributed by atoms with Crippen molar-refractivity contribution in [1.82, 2.24) is 0 Å².